The first-order chi connectivity index (χ1) is 13.6. The van der Waals surface area contributed by atoms with Crippen molar-refractivity contribution in [1.82, 2.24) is 15.0 Å². The van der Waals surface area contributed by atoms with Crippen LogP contribution in [0.25, 0.3) is 10.6 Å². The Kier molecular flexibility index (Phi) is 5.21. The highest BCUT2D eigenvalue weighted by atomic mass is 32.1. The number of benzene rings is 1. The number of rotatable bonds is 6. The van der Waals surface area contributed by atoms with Crippen molar-refractivity contribution < 1.29 is 9.53 Å². The molecule has 0 bridgehead atoms. The number of hydrogen-bond donors (Lipinski definition) is 1. The summed E-state index contributed by atoms with van der Waals surface area (Å²) < 4.78 is 5.21. The van der Waals surface area contributed by atoms with Crippen LogP contribution in [-0.2, 0) is 11.3 Å². The van der Waals surface area contributed by atoms with Gasteiger partial charge in [-0.3, -0.25) is 4.90 Å². The molecule has 1 aliphatic heterocycles. The molecular formula is C20H21N5O2S. The summed E-state index contributed by atoms with van der Waals surface area (Å²) in [5, 5.41) is 4.20. The molecule has 1 atom stereocenters. The van der Waals surface area contributed by atoms with E-state index in [0.29, 0.717) is 24.9 Å². The van der Waals surface area contributed by atoms with E-state index in [2.05, 4.69) is 34.1 Å². The Morgan fingerprint density at radius 1 is 1.25 bits per heavy atom. The fraction of sp³-hybridized carbons (Fsp3) is 0.300. The summed E-state index contributed by atoms with van der Waals surface area (Å²) in [4.78, 5) is 28.1. The zero-order valence-electron chi connectivity index (χ0n) is 15.7. The van der Waals surface area contributed by atoms with Gasteiger partial charge in [0.25, 0.3) is 0 Å². The number of anilines is 2. The number of amides is 1. The molecule has 0 saturated carbocycles. The Labute approximate surface area is 167 Å². The standard InChI is InChI=1S/C20H21N5O2S/c1-13(2)16-12-27-20(26)25(16)17-8-9-21-19(24-17)23-11-15-10-22-18(28-15)14-6-4-3-5-7-14/h3-10,13,16H,11-12H2,1-2H3,(H,21,23,24). The first kappa shape index (κ1) is 18.4. The van der Waals surface area contributed by atoms with E-state index in [4.69, 9.17) is 4.74 Å². The van der Waals surface area contributed by atoms with Crippen LogP contribution in [0.2, 0.25) is 0 Å². The van der Waals surface area contributed by atoms with Crippen molar-refractivity contribution in [3.05, 3.63) is 53.7 Å². The van der Waals surface area contributed by atoms with Crippen molar-refractivity contribution in [1.29, 1.82) is 0 Å². The SMILES string of the molecule is CC(C)C1COC(=O)N1c1ccnc(NCc2cnc(-c3ccccc3)s2)n1. The first-order valence-corrected chi connectivity index (χ1v) is 9.96. The Morgan fingerprint density at radius 3 is 2.86 bits per heavy atom. The fourth-order valence-electron chi connectivity index (χ4n) is 3.03. The molecule has 3 heterocycles. The van der Waals surface area contributed by atoms with Crippen LogP contribution in [0.1, 0.15) is 18.7 Å². The summed E-state index contributed by atoms with van der Waals surface area (Å²) in [6.07, 6.45) is 3.14. The number of hydrogen-bond acceptors (Lipinski definition) is 7. The Bertz CT molecular complexity index is 960. The lowest BCUT2D eigenvalue weighted by atomic mass is 10.0. The number of aromatic nitrogens is 3. The highest BCUT2D eigenvalue weighted by Gasteiger charge is 2.37. The van der Waals surface area contributed by atoms with E-state index in [0.717, 1.165) is 15.4 Å². The second kappa shape index (κ2) is 7.93. The van der Waals surface area contributed by atoms with Gasteiger partial charge in [-0.2, -0.15) is 4.98 Å². The van der Waals surface area contributed by atoms with Gasteiger partial charge in [-0.25, -0.2) is 14.8 Å². The van der Waals surface area contributed by atoms with E-state index in [1.807, 2.05) is 36.5 Å². The maximum absolute atomic E-state index is 12.1. The highest BCUT2D eigenvalue weighted by Crippen LogP contribution is 2.27. The predicted molar refractivity (Wildman–Crippen MR) is 109 cm³/mol. The minimum Gasteiger partial charge on any atom is -0.447 e. The summed E-state index contributed by atoms with van der Waals surface area (Å²) in [6, 6.07) is 11.8. The maximum atomic E-state index is 12.1. The lowest BCUT2D eigenvalue weighted by Crippen LogP contribution is -2.37. The van der Waals surface area contributed by atoms with Crippen molar-refractivity contribution in [2.45, 2.75) is 26.4 Å². The molecule has 8 heteroatoms. The monoisotopic (exact) mass is 395 g/mol. The van der Waals surface area contributed by atoms with E-state index in [9.17, 15) is 4.79 Å². The summed E-state index contributed by atoms with van der Waals surface area (Å²) >= 11 is 1.63. The van der Waals surface area contributed by atoms with E-state index in [-0.39, 0.29) is 18.1 Å². The van der Waals surface area contributed by atoms with Gasteiger partial charge in [-0.05, 0) is 12.0 Å². The minimum absolute atomic E-state index is 0.0230. The molecule has 1 unspecified atom stereocenters. The van der Waals surface area contributed by atoms with Gasteiger partial charge in [-0.1, -0.05) is 44.2 Å². The molecule has 7 nitrogen and oxygen atoms in total. The van der Waals surface area contributed by atoms with Crippen LogP contribution in [0, 0.1) is 5.92 Å². The van der Waals surface area contributed by atoms with Gasteiger partial charge >= 0.3 is 6.09 Å². The predicted octanol–water partition coefficient (Wildman–Crippen LogP) is 4.19. The molecule has 2 aromatic heterocycles. The van der Waals surface area contributed by atoms with Crippen LogP contribution < -0.4 is 10.2 Å². The van der Waals surface area contributed by atoms with Gasteiger partial charge in [0.15, 0.2) is 0 Å². The number of thiazole rings is 1. The van der Waals surface area contributed by atoms with E-state index in [1.54, 1.807) is 28.5 Å². The number of nitrogens with one attached hydrogen (secondary N) is 1. The number of nitrogens with zero attached hydrogens (tertiary/aromatic N) is 4. The number of carbonyl (C=O) groups excluding carboxylic acids is 1. The van der Waals surface area contributed by atoms with E-state index < -0.39 is 0 Å². The third-order valence-corrected chi connectivity index (χ3v) is 5.60. The van der Waals surface area contributed by atoms with Crippen molar-refractivity contribution in [2.75, 3.05) is 16.8 Å². The quantitative estimate of drug-likeness (QED) is 0.674. The van der Waals surface area contributed by atoms with Crippen molar-refractivity contribution in [2.24, 2.45) is 5.92 Å². The maximum Gasteiger partial charge on any atom is 0.415 e. The van der Waals surface area contributed by atoms with Crippen molar-refractivity contribution in [3.8, 4) is 10.6 Å². The highest BCUT2D eigenvalue weighted by molar-refractivity contribution is 7.15. The normalized spacial score (nSPS) is 16.5. The molecule has 4 rings (SSSR count). The molecule has 0 aliphatic carbocycles. The van der Waals surface area contributed by atoms with Gasteiger partial charge in [-0.15, -0.1) is 11.3 Å². The molecule has 1 aromatic carbocycles. The topological polar surface area (TPSA) is 80.2 Å². The van der Waals surface area contributed by atoms with Crippen LogP contribution >= 0.6 is 11.3 Å². The molecule has 1 saturated heterocycles. The van der Waals surface area contributed by atoms with Crippen LogP contribution in [0.4, 0.5) is 16.6 Å². The van der Waals surface area contributed by atoms with Gasteiger partial charge in [0.05, 0.1) is 12.6 Å². The zero-order chi connectivity index (χ0) is 19.5. The van der Waals surface area contributed by atoms with Gasteiger partial charge < -0.3 is 10.1 Å². The molecule has 144 valence electrons. The largest absolute Gasteiger partial charge is 0.447 e. The van der Waals surface area contributed by atoms with Gasteiger partial charge in [0.1, 0.15) is 17.4 Å². The molecule has 0 spiro atoms. The van der Waals surface area contributed by atoms with Crippen molar-refractivity contribution >= 4 is 29.2 Å². The second-order valence-electron chi connectivity index (χ2n) is 6.85. The smallest absolute Gasteiger partial charge is 0.415 e. The Morgan fingerprint density at radius 2 is 2.07 bits per heavy atom. The third-order valence-electron chi connectivity index (χ3n) is 4.56. The molecule has 28 heavy (non-hydrogen) atoms. The van der Waals surface area contributed by atoms with E-state index >= 15 is 0 Å². The molecule has 1 N–H and O–H groups in total. The molecule has 3 aromatic rings. The summed E-state index contributed by atoms with van der Waals surface area (Å²) in [5.41, 5.74) is 1.10. The van der Waals surface area contributed by atoms with Crippen molar-refractivity contribution in [3.63, 3.8) is 0 Å². The van der Waals surface area contributed by atoms with Crippen LogP contribution in [0.3, 0.4) is 0 Å². The number of cyclic esters (lactones) is 1. The zero-order valence-corrected chi connectivity index (χ0v) is 16.5. The van der Waals surface area contributed by atoms with Gasteiger partial charge in [0.2, 0.25) is 5.95 Å². The van der Waals surface area contributed by atoms with Crippen LogP contribution in [-0.4, -0.2) is 33.7 Å². The Hall–Kier alpha value is -3.00. The number of carbonyl (C=O) groups is 1. The third kappa shape index (κ3) is 3.82. The van der Waals surface area contributed by atoms with Gasteiger partial charge in [0, 0.05) is 22.8 Å². The molecule has 1 amide bonds. The lowest BCUT2D eigenvalue weighted by Gasteiger charge is -2.23. The van der Waals surface area contributed by atoms with Crippen LogP contribution in [0.15, 0.2) is 48.8 Å². The van der Waals surface area contributed by atoms with Crippen LogP contribution in [0.5, 0.6) is 0 Å². The second-order valence-corrected chi connectivity index (χ2v) is 7.96. The summed E-state index contributed by atoms with van der Waals surface area (Å²) in [6.45, 7) is 5.07. The van der Waals surface area contributed by atoms with E-state index in [1.165, 1.54) is 0 Å². The fourth-order valence-corrected chi connectivity index (χ4v) is 3.89. The molecule has 0 radical (unpaired) electrons. The average molecular weight is 395 g/mol. The molecular weight excluding hydrogens is 374 g/mol. The molecule has 1 fully saturated rings. The Balaban J connectivity index is 1.46. The summed E-state index contributed by atoms with van der Waals surface area (Å²) in [7, 11) is 0. The summed E-state index contributed by atoms with van der Waals surface area (Å²) in [5.74, 6) is 1.29. The first-order valence-electron chi connectivity index (χ1n) is 9.15. The average Bonchev–Trinajstić information content (AvgIpc) is 3.34. The minimum atomic E-state index is -0.363. The lowest BCUT2D eigenvalue weighted by molar-refractivity contribution is 0.177. The molecule has 1 aliphatic rings. The number of ether oxygens (including phenoxy) is 1.